The predicted molar refractivity (Wildman–Crippen MR) is 122 cm³/mol. The van der Waals surface area contributed by atoms with Crippen molar-refractivity contribution in [3.8, 4) is 0 Å². The lowest BCUT2D eigenvalue weighted by atomic mass is 10.3. The number of aryl methyl sites for hydroxylation is 1. The van der Waals surface area contributed by atoms with Crippen LogP contribution in [0.2, 0.25) is 0 Å². The molecule has 0 aliphatic carbocycles. The van der Waals surface area contributed by atoms with Gasteiger partial charge in [-0.3, -0.25) is 14.5 Å². The topological polar surface area (TPSA) is 92.6 Å². The summed E-state index contributed by atoms with van der Waals surface area (Å²) in [6, 6.07) is 8.53. The van der Waals surface area contributed by atoms with E-state index in [4.69, 9.17) is 0 Å². The van der Waals surface area contributed by atoms with Gasteiger partial charge in [0.2, 0.25) is 10.0 Å². The van der Waals surface area contributed by atoms with Gasteiger partial charge in [0.25, 0.3) is 11.1 Å². The number of thioether (sulfide) groups is 1. The summed E-state index contributed by atoms with van der Waals surface area (Å²) < 4.78 is 27.9. The molecule has 162 valence electrons. The normalized spacial score (nSPS) is 16.4. The Hall–Kier alpha value is -2.47. The van der Waals surface area contributed by atoms with Crippen LogP contribution < -0.4 is 0 Å². The van der Waals surface area contributed by atoms with Crippen molar-refractivity contribution in [2.24, 2.45) is 0 Å². The number of aromatic nitrogens is 2. The molecule has 0 atom stereocenters. The molecule has 1 fully saturated rings. The highest BCUT2D eigenvalue weighted by atomic mass is 32.2. The van der Waals surface area contributed by atoms with E-state index >= 15 is 0 Å². The molecule has 0 saturated carbocycles. The second-order valence-electron chi connectivity index (χ2n) is 6.99. The molecule has 0 unspecified atom stereocenters. The second-order valence-corrected chi connectivity index (χ2v) is 11.1. The van der Waals surface area contributed by atoms with E-state index in [9.17, 15) is 18.0 Å². The monoisotopic (exact) mass is 476 g/mol. The number of nitrogens with zero attached hydrogens (tertiary/aromatic N) is 4. The van der Waals surface area contributed by atoms with E-state index in [1.54, 1.807) is 18.2 Å². The molecule has 0 bridgehead atoms. The Kier molecular flexibility index (Phi) is 5.77. The lowest BCUT2D eigenvalue weighted by Crippen LogP contribution is -2.29. The number of imidazole rings is 1. The molecule has 3 aromatic rings. The fraction of sp³-hybridized carbons (Fsp3) is 0.250. The van der Waals surface area contributed by atoms with Crippen LogP contribution in [0.1, 0.15) is 17.6 Å². The fourth-order valence-corrected chi connectivity index (χ4v) is 5.77. The summed E-state index contributed by atoms with van der Waals surface area (Å²) in [7, 11) is -0.652. The smallest absolute Gasteiger partial charge is 0.293 e. The number of amides is 2. The van der Waals surface area contributed by atoms with E-state index in [0.717, 1.165) is 26.5 Å². The number of hydrogen-bond acceptors (Lipinski definition) is 7. The van der Waals surface area contributed by atoms with Crippen LogP contribution in [0.5, 0.6) is 0 Å². The van der Waals surface area contributed by atoms with Gasteiger partial charge in [-0.25, -0.2) is 17.7 Å². The first-order valence-corrected chi connectivity index (χ1v) is 12.6. The second kappa shape index (κ2) is 8.23. The van der Waals surface area contributed by atoms with Gasteiger partial charge < -0.3 is 4.57 Å². The SMILES string of the molecule is CCn1c(CN2C(=O)S/C(=C\c3cccs3)C2=O)nc2cc(S(=O)(=O)N(C)C)ccc21. The molecule has 1 aliphatic rings. The molecule has 31 heavy (non-hydrogen) atoms. The fourth-order valence-electron chi connectivity index (χ4n) is 3.28. The Balaban J connectivity index is 1.68. The van der Waals surface area contributed by atoms with Crippen molar-refractivity contribution in [1.82, 2.24) is 18.8 Å². The summed E-state index contributed by atoms with van der Waals surface area (Å²) in [6.45, 7) is 2.51. The minimum absolute atomic E-state index is 0.0186. The predicted octanol–water partition coefficient (Wildman–Crippen LogP) is 3.60. The maximum Gasteiger partial charge on any atom is 0.293 e. The van der Waals surface area contributed by atoms with E-state index in [1.807, 2.05) is 29.0 Å². The van der Waals surface area contributed by atoms with E-state index in [2.05, 4.69) is 4.98 Å². The van der Waals surface area contributed by atoms with Crippen molar-refractivity contribution in [3.63, 3.8) is 0 Å². The lowest BCUT2D eigenvalue weighted by molar-refractivity contribution is -0.123. The van der Waals surface area contributed by atoms with Gasteiger partial charge >= 0.3 is 0 Å². The maximum atomic E-state index is 12.8. The maximum absolute atomic E-state index is 12.8. The zero-order chi connectivity index (χ0) is 22.3. The van der Waals surface area contributed by atoms with Gasteiger partial charge in [-0.15, -0.1) is 11.3 Å². The Morgan fingerprint density at radius 2 is 1.97 bits per heavy atom. The summed E-state index contributed by atoms with van der Waals surface area (Å²) in [6.07, 6.45) is 1.72. The molecule has 4 rings (SSSR count). The molecule has 0 radical (unpaired) electrons. The molecule has 2 aromatic heterocycles. The third-order valence-corrected chi connectivity index (χ3v) is 8.42. The molecule has 8 nitrogen and oxygen atoms in total. The summed E-state index contributed by atoms with van der Waals surface area (Å²) in [5, 5.41) is 1.56. The molecular weight excluding hydrogens is 456 g/mol. The van der Waals surface area contributed by atoms with E-state index < -0.39 is 10.0 Å². The Bertz CT molecular complexity index is 1310. The third kappa shape index (κ3) is 3.93. The van der Waals surface area contributed by atoms with Crippen molar-refractivity contribution < 1.29 is 18.0 Å². The zero-order valence-corrected chi connectivity index (χ0v) is 19.6. The van der Waals surface area contributed by atoms with Crippen LogP contribution >= 0.6 is 23.1 Å². The van der Waals surface area contributed by atoms with Crippen LogP contribution in [0.25, 0.3) is 17.1 Å². The molecule has 3 heterocycles. The summed E-state index contributed by atoms with van der Waals surface area (Å²) >= 11 is 2.40. The van der Waals surface area contributed by atoms with Crippen LogP contribution in [0.4, 0.5) is 4.79 Å². The first kappa shape index (κ1) is 21.8. The minimum Gasteiger partial charge on any atom is -0.327 e. The number of fused-ring (bicyclic) bond motifs is 1. The minimum atomic E-state index is -3.60. The van der Waals surface area contributed by atoms with Gasteiger partial charge in [-0.1, -0.05) is 6.07 Å². The van der Waals surface area contributed by atoms with Gasteiger partial charge in [-0.2, -0.15) is 0 Å². The Morgan fingerprint density at radius 1 is 1.19 bits per heavy atom. The van der Waals surface area contributed by atoms with E-state index in [-0.39, 0.29) is 22.6 Å². The van der Waals surface area contributed by atoms with Gasteiger partial charge in [-0.05, 0) is 54.4 Å². The van der Waals surface area contributed by atoms with Gasteiger partial charge in [0, 0.05) is 25.5 Å². The first-order chi connectivity index (χ1) is 14.7. The average molecular weight is 477 g/mol. The number of carbonyl (C=O) groups is 2. The number of carbonyl (C=O) groups excluding carboxylic acids is 2. The molecule has 0 N–H and O–H groups in total. The van der Waals surface area contributed by atoms with Crippen molar-refractivity contribution in [2.45, 2.75) is 24.9 Å². The highest BCUT2D eigenvalue weighted by molar-refractivity contribution is 8.18. The quantitative estimate of drug-likeness (QED) is 0.505. The Labute approximate surface area is 188 Å². The van der Waals surface area contributed by atoms with Gasteiger partial charge in [0.05, 0.1) is 27.4 Å². The van der Waals surface area contributed by atoms with Crippen molar-refractivity contribution in [3.05, 3.63) is 51.3 Å². The molecule has 0 spiro atoms. The van der Waals surface area contributed by atoms with Crippen LogP contribution in [0, 0.1) is 0 Å². The van der Waals surface area contributed by atoms with Crippen LogP contribution in [-0.2, 0) is 27.9 Å². The molecular formula is C20H20N4O4S3. The third-order valence-electron chi connectivity index (χ3n) is 4.88. The number of hydrogen-bond donors (Lipinski definition) is 0. The molecule has 1 aromatic carbocycles. The highest BCUT2D eigenvalue weighted by Crippen LogP contribution is 2.34. The molecule has 1 saturated heterocycles. The van der Waals surface area contributed by atoms with Crippen molar-refractivity contribution in [1.29, 1.82) is 0 Å². The number of benzene rings is 1. The van der Waals surface area contributed by atoms with Crippen molar-refractivity contribution >= 4 is 61.4 Å². The number of sulfonamides is 1. The van der Waals surface area contributed by atoms with E-state index in [1.165, 1.54) is 36.4 Å². The van der Waals surface area contributed by atoms with Crippen molar-refractivity contribution in [2.75, 3.05) is 14.1 Å². The van der Waals surface area contributed by atoms with Gasteiger partial charge in [0.1, 0.15) is 5.82 Å². The average Bonchev–Trinajstić information content (AvgIpc) is 3.42. The summed E-state index contributed by atoms with van der Waals surface area (Å²) in [4.78, 5) is 32.5. The van der Waals surface area contributed by atoms with E-state index in [0.29, 0.717) is 22.8 Å². The lowest BCUT2D eigenvalue weighted by Gasteiger charge is -2.13. The number of thiophene rings is 1. The van der Waals surface area contributed by atoms with Crippen LogP contribution in [0.15, 0.2) is 45.5 Å². The summed E-state index contributed by atoms with van der Waals surface area (Å²) in [5.41, 5.74) is 1.25. The molecule has 11 heteroatoms. The van der Waals surface area contributed by atoms with Crippen LogP contribution in [0.3, 0.4) is 0 Å². The largest absolute Gasteiger partial charge is 0.327 e. The number of imide groups is 1. The highest BCUT2D eigenvalue weighted by Gasteiger charge is 2.36. The van der Waals surface area contributed by atoms with Gasteiger partial charge in [0.15, 0.2) is 0 Å². The summed E-state index contributed by atoms with van der Waals surface area (Å²) in [5.74, 6) is 0.172. The first-order valence-electron chi connectivity index (χ1n) is 9.43. The standard InChI is InChI=1S/C20H20N4O4S3/c1-4-23-16-8-7-14(31(27,28)22(2)3)11-15(16)21-18(23)12-24-19(25)17(30-20(24)26)10-13-6-5-9-29-13/h5-11H,4,12H2,1-3H3/b17-10-. The molecule has 1 aliphatic heterocycles. The Morgan fingerprint density at radius 3 is 2.61 bits per heavy atom. The number of rotatable bonds is 6. The zero-order valence-electron chi connectivity index (χ0n) is 17.1. The van der Waals surface area contributed by atoms with Crippen LogP contribution in [-0.4, -0.2) is 52.4 Å². The molecule has 2 amide bonds.